The Morgan fingerprint density at radius 1 is 0.935 bits per heavy atom. The van der Waals surface area contributed by atoms with Gasteiger partial charge in [-0.15, -0.1) is 11.3 Å². The molecule has 0 aliphatic carbocycles. The Morgan fingerprint density at radius 2 is 1.57 bits per heavy atom. The zero-order valence-electron chi connectivity index (χ0n) is 26.8. The predicted molar refractivity (Wildman–Crippen MR) is 179 cm³/mol. The molecule has 5 rings (SSSR count). The number of carboxylic acid groups (broad SMARTS) is 1. The highest BCUT2D eigenvalue weighted by molar-refractivity contribution is 7.14. The van der Waals surface area contributed by atoms with E-state index in [2.05, 4.69) is 49.9 Å². The van der Waals surface area contributed by atoms with Crippen LogP contribution in [0.5, 0.6) is 5.75 Å². The Balaban J connectivity index is 1.27. The van der Waals surface area contributed by atoms with Gasteiger partial charge in [-0.3, -0.25) is 14.4 Å². The molecule has 2 amide bonds. The zero-order chi connectivity index (χ0) is 33.0. The van der Waals surface area contributed by atoms with E-state index in [4.69, 9.17) is 4.74 Å². The van der Waals surface area contributed by atoms with Crippen LogP contribution in [-0.2, 0) is 21.4 Å². The Hall–Kier alpha value is -4.57. The second-order valence-corrected chi connectivity index (χ2v) is 14.2. The van der Waals surface area contributed by atoms with Crippen LogP contribution in [0, 0.1) is 11.8 Å². The molecule has 1 aliphatic rings. The van der Waals surface area contributed by atoms with E-state index in [-0.39, 0.29) is 36.7 Å². The van der Waals surface area contributed by atoms with Gasteiger partial charge in [0.15, 0.2) is 5.82 Å². The van der Waals surface area contributed by atoms with Gasteiger partial charge < -0.3 is 20.1 Å². The van der Waals surface area contributed by atoms with Crippen LogP contribution in [0.3, 0.4) is 0 Å². The van der Waals surface area contributed by atoms with Gasteiger partial charge in [0.25, 0.3) is 5.91 Å². The summed E-state index contributed by atoms with van der Waals surface area (Å²) in [7, 11) is 0. The van der Waals surface area contributed by atoms with E-state index in [1.165, 1.54) is 16.2 Å². The fourth-order valence-electron chi connectivity index (χ4n) is 4.99. The summed E-state index contributed by atoms with van der Waals surface area (Å²) in [6.07, 6.45) is 3.84. The van der Waals surface area contributed by atoms with E-state index in [1.807, 2.05) is 54.6 Å². The van der Waals surface area contributed by atoms with Crippen molar-refractivity contribution in [1.82, 2.24) is 20.2 Å². The number of nitrogens with one attached hydrogen (secondary N) is 1. The van der Waals surface area contributed by atoms with Gasteiger partial charge in [0.05, 0.1) is 17.4 Å². The van der Waals surface area contributed by atoms with Crippen LogP contribution in [-0.4, -0.2) is 63.5 Å². The number of likely N-dealkylation sites (tertiary alicyclic amines) is 1. The Morgan fingerprint density at radius 3 is 2.13 bits per heavy atom. The molecular weight excluding hydrogens is 600 g/mol. The lowest BCUT2D eigenvalue weighted by atomic mass is 9.95. The first-order valence-electron chi connectivity index (χ1n) is 15.4. The molecule has 240 valence electrons. The lowest BCUT2D eigenvalue weighted by molar-refractivity contribution is -0.153. The van der Waals surface area contributed by atoms with E-state index in [9.17, 15) is 19.5 Å². The molecule has 9 nitrogen and oxygen atoms in total. The standard InChI is InChI=1S/C36H40N4O5S/c1-22(2)21-45-28-12-10-24(11-13-28)26-17-37-32(38-18-26)25-8-6-23(7-9-25)16-29(34(42)40-19-27(20-40)35(43)44)39-33(41)30-14-15-31(46-30)36(3,4)5/h6-15,17-18,22,27,29H,16,19-21H2,1-5H3,(H,39,41)(H,43,44). The molecule has 10 heteroatoms. The molecule has 0 saturated carbocycles. The van der Waals surface area contributed by atoms with Gasteiger partial charge in [0, 0.05) is 47.9 Å². The average Bonchev–Trinajstić information content (AvgIpc) is 3.51. The smallest absolute Gasteiger partial charge is 0.310 e. The first-order chi connectivity index (χ1) is 21.9. The number of thiophene rings is 1. The summed E-state index contributed by atoms with van der Waals surface area (Å²) in [5.41, 5.74) is 3.45. The fraction of sp³-hybridized carbons (Fsp3) is 0.361. The minimum atomic E-state index is -0.923. The normalized spacial score (nSPS) is 14.1. The number of aromatic nitrogens is 2. The summed E-state index contributed by atoms with van der Waals surface area (Å²) in [5.74, 6) is -0.265. The number of carbonyl (C=O) groups is 3. The predicted octanol–water partition coefficient (Wildman–Crippen LogP) is 6.09. The van der Waals surface area contributed by atoms with Gasteiger partial charge in [-0.1, -0.05) is 71.0 Å². The lowest BCUT2D eigenvalue weighted by Gasteiger charge is -2.38. The van der Waals surface area contributed by atoms with Crippen LogP contribution in [0.2, 0.25) is 0 Å². The maximum Gasteiger partial charge on any atom is 0.310 e. The van der Waals surface area contributed by atoms with Crippen molar-refractivity contribution < 1.29 is 24.2 Å². The number of nitrogens with zero attached hydrogens (tertiary/aromatic N) is 3. The summed E-state index contributed by atoms with van der Waals surface area (Å²) in [5, 5.41) is 12.2. The third-order valence-corrected chi connectivity index (χ3v) is 9.30. The largest absolute Gasteiger partial charge is 0.493 e. The van der Waals surface area contributed by atoms with Crippen LogP contribution in [0.15, 0.2) is 73.1 Å². The molecule has 2 N–H and O–H groups in total. The molecule has 1 saturated heterocycles. The number of amides is 2. The van der Waals surface area contributed by atoms with Crippen molar-refractivity contribution in [2.24, 2.45) is 11.8 Å². The molecule has 2 aromatic heterocycles. The van der Waals surface area contributed by atoms with Crippen LogP contribution in [0.25, 0.3) is 22.5 Å². The first-order valence-corrected chi connectivity index (χ1v) is 16.3. The number of benzene rings is 2. The molecule has 4 aromatic rings. The molecule has 1 fully saturated rings. The Kier molecular flexibility index (Phi) is 9.86. The van der Waals surface area contributed by atoms with Gasteiger partial charge >= 0.3 is 5.97 Å². The van der Waals surface area contributed by atoms with Crippen LogP contribution in [0.1, 0.15) is 54.7 Å². The van der Waals surface area contributed by atoms with Crippen molar-refractivity contribution in [1.29, 1.82) is 0 Å². The maximum absolute atomic E-state index is 13.4. The molecule has 46 heavy (non-hydrogen) atoms. The maximum atomic E-state index is 13.4. The molecule has 2 aromatic carbocycles. The second-order valence-electron chi connectivity index (χ2n) is 13.1. The number of carboxylic acids is 1. The van der Waals surface area contributed by atoms with Gasteiger partial charge in [0.1, 0.15) is 11.8 Å². The van der Waals surface area contributed by atoms with E-state index < -0.39 is 17.9 Å². The van der Waals surface area contributed by atoms with Gasteiger partial charge in [-0.25, -0.2) is 9.97 Å². The van der Waals surface area contributed by atoms with Crippen molar-refractivity contribution in [2.45, 2.75) is 52.5 Å². The molecule has 0 radical (unpaired) electrons. The third-order valence-electron chi connectivity index (χ3n) is 7.79. The minimum Gasteiger partial charge on any atom is -0.493 e. The summed E-state index contributed by atoms with van der Waals surface area (Å²) >= 11 is 1.41. The Labute approximate surface area is 273 Å². The second kappa shape index (κ2) is 13.8. The number of hydrogen-bond acceptors (Lipinski definition) is 7. The van der Waals surface area contributed by atoms with E-state index in [1.54, 1.807) is 18.5 Å². The van der Waals surface area contributed by atoms with Crippen molar-refractivity contribution in [3.63, 3.8) is 0 Å². The summed E-state index contributed by atoms with van der Waals surface area (Å²) < 4.78 is 5.77. The van der Waals surface area contributed by atoms with E-state index in [0.29, 0.717) is 23.2 Å². The highest BCUT2D eigenvalue weighted by atomic mass is 32.1. The van der Waals surface area contributed by atoms with Crippen molar-refractivity contribution in [3.05, 3.63) is 88.4 Å². The number of hydrogen-bond donors (Lipinski definition) is 2. The molecule has 1 aliphatic heterocycles. The summed E-state index contributed by atoms with van der Waals surface area (Å²) in [6, 6.07) is 18.3. The zero-order valence-corrected chi connectivity index (χ0v) is 27.6. The van der Waals surface area contributed by atoms with Gasteiger partial charge in [-0.05, 0) is 46.7 Å². The highest BCUT2D eigenvalue weighted by Crippen LogP contribution is 2.30. The average molecular weight is 641 g/mol. The number of ether oxygens (including phenoxy) is 1. The number of rotatable bonds is 11. The topological polar surface area (TPSA) is 122 Å². The number of aliphatic carboxylic acids is 1. The van der Waals surface area contributed by atoms with Crippen molar-refractivity contribution >= 4 is 29.1 Å². The quantitative estimate of drug-likeness (QED) is 0.204. The van der Waals surface area contributed by atoms with Crippen LogP contribution < -0.4 is 10.1 Å². The van der Waals surface area contributed by atoms with E-state index >= 15 is 0 Å². The Bertz CT molecular complexity index is 1670. The SMILES string of the molecule is CC(C)COc1ccc(-c2cnc(-c3ccc(CC(NC(=O)c4ccc(C(C)(C)C)s4)C(=O)N4CC(C(=O)O)C4)cc3)nc2)cc1. The third kappa shape index (κ3) is 7.98. The van der Waals surface area contributed by atoms with Crippen LogP contribution >= 0.6 is 11.3 Å². The van der Waals surface area contributed by atoms with Gasteiger partial charge in [-0.2, -0.15) is 0 Å². The molecule has 1 atom stereocenters. The fourth-order valence-corrected chi connectivity index (χ4v) is 5.95. The molecule has 0 bridgehead atoms. The summed E-state index contributed by atoms with van der Waals surface area (Å²) in [6.45, 7) is 11.4. The van der Waals surface area contributed by atoms with Crippen molar-refractivity contribution in [3.8, 4) is 28.3 Å². The van der Waals surface area contributed by atoms with E-state index in [0.717, 1.165) is 32.9 Å². The highest BCUT2D eigenvalue weighted by Gasteiger charge is 2.39. The summed E-state index contributed by atoms with van der Waals surface area (Å²) in [4.78, 5) is 50.3. The number of carbonyl (C=O) groups excluding carboxylic acids is 2. The van der Waals surface area contributed by atoms with Gasteiger partial charge in [0.2, 0.25) is 5.91 Å². The molecule has 0 spiro atoms. The van der Waals surface area contributed by atoms with Crippen LogP contribution in [0.4, 0.5) is 0 Å². The molecule has 1 unspecified atom stereocenters. The first kappa shape index (κ1) is 32.8. The molecule has 3 heterocycles. The molecular formula is C36H40N4O5S. The monoisotopic (exact) mass is 640 g/mol. The van der Waals surface area contributed by atoms with Crippen molar-refractivity contribution in [2.75, 3.05) is 19.7 Å². The minimum absolute atomic E-state index is 0.0956. The lowest BCUT2D eigenvalue weighted by Crippen LogP contribution is -2.59.